The van der Waals surface area contributed by atoms with E-state index < -0.39 is 5.82 Å². The third kappa shape index (κ3) is 2.33. The van der Waals surface area contributed by atoms with Crippen LogP contribution in [0.3, 0.4) is 0 Å². The first-order valence-electron chi connectivity index (χ1n) is 4.27. The Morgan fingerprint density at radius 2 is 2.29 bits per heavy atom. The lowest BCUT2D eigenvalue weighted by molar-refractivity contribution is 0.627. The summed E-state index contributed by atoms with van der Waals surface area (Å²) in [6.07, 6.45) is 1.88. The molecule has 2 nitrogen and oxygen atoms in total. The Kier molecular flexibility index (Phi) is 3.24. The summed E-state index contributed by atoms with van der Waals surface area (Å²) in [5.74, 6) is -0.398. The van der Waals surface area contributed by atoms with E-state index in [0.717, 1.165) is 5.70 Å². The molecule has 0 spiro atoms. The third-order valence-corrected chi connectivity index (χ3v) is 1.87. The first-order chi connectivity index (χ1) is 6.67. The lowest BCUT2D eigenvalue weighted by Gasteiger charge is -2.07. The van der Waals surface area contributed by atoms with Crippen LogP contribution in [0, 0.1) is 17.1 Å². The highest BCUT2D eigenvalue weighted by Crippen LogP contribution is 2.17. The molecular formula is C11H11FN2. The van der Waals surface area contributed by atoms with Crippen molar-refractivity contribution in [1.82, 2.24) is 0 Å². The van der Waals surface area contributed by atoms with Gasteiger partial charge in [-0.2, -0.15) is 5.26 Å². The topological polar surface area (TPSA) is 35.8 Å². The van der Waals surface area contributed by atoms with E-state index in [1.807, 2.05) is 26.0 Å². The molecule has 0 fully saturated rings. The first-order valence-corrected chi connectivity index (χ1v) is 4.27. The molecule has 1 N–H and O–H groups in total. The molecule has 0 amide bonds. The number of hydrogen-bond acceptors (Lipinski definition) is 2. The molecule has 0 bridgehead atoms. The molecule has 1 rings (SSSR count). The number of hydrogen-bond donors (Lipinski definition) is 1. The number of allylic oxidation sites excluding steroid dienone is 2. The average molecular weight is 190 g/mol. The highest BCUT2D eigenvalue weighted by atomic mass is 19.1. The second-order valence-corrected chi connectivity index (χ2v) is 2.90. The molecule has 0 saturated carbocycles. The number of nitrogens with zero attached hydrogens (tertiary/aromatic N) is 1. The van der Waals surface area contributed by atoms with Gasteiger partial charge in [-0.1, -0.05) is 6.08 Å². The fourth-order valence-electron chi connectivity index (χ4n) is 1.00. The Labute approximate surface area is 82.7 Å². The van der Waals surface area contributed by atoms with E-state index in [0.29, 0.717) is 11.3 Å². The largest absolute Gasteiger partial charge is 0.358 e. The van der Waals surface area contributed by atoms with Crippen LogP contribution >= 0.6 is 0 Å². The molecule has 3 heteroatoms. The molecule has 0 radical (unpaired) electrons. The van der Waals surface area contributed by atoms with Crippen LogP contribution in [-0.4, -0.2) is 0 Å². The molecule has 0 heterocycles. The zero-order chi connectivity index (χ0) is 10.6. The molecule has 14 heavy (non-hydrogen) atoms. The number of nitrogens with one attached hydrogen (secondary N) is 1. The van der Waals surface area contributed by atoms with Gasteiger partial charge in [-0.3, -0.25) is 0 Å². The van der Waals surface area contributed by atoms with Crippen molar-refractivity contribution in [2.45, 2.75) is 13.8 Å². The number of halogens is 1. The number of nitriles is 1. The van der Waals surface area contributed by atoms with Gasteiger partial charge in [0.2, 0.25) is 0 Å². The summed E-state index contributed by atoms with van der Waals surface area (Å²) < 4.78 is 12.8. The number of rotatable bonds is 2. The second-order valence-electron chi connectivity index (χ2n) is 2.90. The molecule has 0 saturated heterocycles. The standard InChI is InChI=1S/C11H11FN2/c1-3-8(2)14-11-5-4-10(12)6-9(11)7-13/h3-6,14H,1-2H3/b8-3+. The van der Waals surface area contributed by atoms with Crippen LogP contribution in [0.15, 0.2) is 30.0 Å². The lowest BCUT2D eigenvalue weighted by atomic mass is 10.2. The van der Waals surface area contributed by atoms with Crippen molar-refractivity contribution in [1.29, 1.82) is 5.26 Å². The highest BCUT2D eigenvalue weighted by Gasteiger charge is 2.02. The summed E-state index contributed by atoms with van der Waals surface area (Å²) in [4.78, 5) is 0. The maximum absolute atomic E-state index is 12.8. The van der Waals surface area contributed by atoms with Crippen molar-refractivity contribution in [3.63, 3.8) is 0 Å². The Morgan fingerprint density at radius 1 is 1.57 bits per heavy atom. The molecule has 72 valence electrons. The van der Waals surface area contributed by atoms with Crippen LogP contribution in [0.2, 0.25) is 0 Å². The zero-order valence-electron chi connectivity index (χ0n) is 8.13. The van der Waals surface area contributed by atoms with Gasteiger partial charge in [-0.05, 0) is 32.0 Å². The predicted octanol–water partition coefficient (Wildman–Crippen LogP) is 3.03. The van der Waals surface area contributed by atoms with Crippen LogP contribution in [0.25, 0.3) is 0 Å². The van der Waals surface area contributed by atoms with E-state index in [1.54, 1.807) is 6.07 Å². The maximum Gasteiger partial charge on any atom is 0.124 e. The van der Waals surface area contributed by atoms with Gasteiger partial charge in [0.15, 0.2) is 0 Å². The molecule has 0 unspecified atom stereocenters. The summed E-state index contributed by atoms with van der Waals surface area (Å²) in [6, 6.07) is 6.03. The molecular weight excluding hydrogens is 179 g/mol. The molecule has 0 aliphatic carbocycles. The molecule has 0 aromatic heterocycles. The Bertz CT molecular complexity index is 402. The SMILES string of the molecule is C/C=C(\C)Nc1ccc(F)cc1C#N. The average Bonchev–Trinajstić information content (AvgIpc) is 2.20. The third-order valence-electron chi connectivity index (χ3n) is 1.87. The van der Waals surface area contributed by atoms with Crippen molar-refractivity contribution in [2.24, 2.45) is 0 Å². The monoisotopic (exact) mass is 190 g/mol. The van der Waals surface area contributed by atoms with E-state index in [4.69, 9.17) is 5.26 Å². The smallest absolute Gasteiger partial charge is 0.124 e. The van der Waals surface area contributed by atoms with Crippen LogP contribution in [-0.2, 0) is 0 Å². The second kappa shape index (κ2) is 4.43. The van der Waals surface area contributed by atoms with Gasteiger partial charge >= 0.3 is 0 Å². The summed E-state index contributed by atoms with van der Waals surface area (Å²) in [6.45, 7) is 3.77. The van der Waals surface area contributed by atoms with Crippen LogP contribution < -0.4 is 5.32 Å². The summed E-state index contributed by atoms with van der Waals surface area (Å²) >= 11 is 0. The van der Waals surface area contributed by atoms with Crippen molar-refractivity contribution in [3.8, 4) is 6.07 Å². The fraction of sp³-hybridized carbons (Fsp3) is 0.182. The fourth-order valence-corrected chi connectivity index (χ4v) is 1.00. The molecule has 0 atom stereocenters. The van der Waals surface area contributed by atoms with Gasteiger partial charge in [0.25, 0.3) is 0 Å². The van der Waals surface area contributed by atoms with Gasteiger partial charge in [0, 0.05) is 5.70 Å². The summed E-state index contributed by atoms with van der Waals surface area (Å²) in [5, 5.41) is 11.8. The van der Waals surface area contributed by atoms with Crippen LogP contribution in [0.4, 0.5) is 10.1 Å². The predicted molar refractivity (Wildman–Crippen MR) is 54.2 cm³/mol. The van der Waals surface area contributed by atoms with Crippen molar-refractivity contribution >= 4 is 5.69 Å². The zero-order valence-corrected chi connectivity index (χ0v) is 8.13. The van der Waals surface area contributed by atoms with Gasteiger partial charge in [0.05, 0.1) is 11.3 Å². The van der Waals surface area contributed by atoms with Gasteiger partial charge < -0.3 is 5.32 Å². The summed E-state index contributed by atoms with van der Waals surface area (Å²) in [7, 11) is 0. The molecule has 1 aromatic carbocycles. The minimum absolute atomic E-state index is 0.311. The van der Waals surface area contributed by atoms with E-state index in [-0.39, 0.29) is 0 Å². The Balaban J connectivity index is 3.04. The minimum Gasteiger partial charge on any atom is -0.358 e. The van der Waals surface area contributed by atoms with Gasteiger partial charge in [-0.15, -0.1) is 0 Å². The summed E-state index contributed by atoms with van der Waals surface area (Å²) in [5.41, 5.74) is 1.86. The highest BCUT2D eigenvalue weighted by molar-refractivity contribution is 5.59. The molecule has 1 aromatic rings. The quantitative estimate of drug-likeness (QED) is 0.778. The number of anilines is 1. The van der Waals surface area contributed by atoms with E-state index >= 15 is 0 Å². The Hall–Kier alpha value is -1.82. The minimum atomic E-state index is -0.398. The van der Waals surface area contributed by atoms with E-state index in [9.17, 15) is 4.39 Å². The van der Waals surface area contributed by atoms with Crippen molar-refractivity contribution in [2.75, 3.05) is 5.32 Å². The van der Waals surface area contributed by atoms with E-state index in [1.165, 1.54) is 12.1 Å². The van der Waals surface area contributed by atoms with Crippen molar-refractivity contribution < 1.29 is 4.39 Å². The van der Waals surface area contributed by atoms with Gasteiger partial charge in [0.1, 0.15) is 11.9 Å². The lowest BCUT2D eigenvalue weighted by Crippen LogP contribution is -1.97. The van der Waals surface area contributed by atoms with Crippen LogP contribution in [0.5, 0.6) is 0 Å². The first kappa shape index (κ1) is 10.3. The van der Waals surface area contributed by atoms with E-state index in [2.05, 4.69) is 5.32 Å². The maximum atomic E-state index is 12.8. The molecule has 0 aliphatic heterocycles. The normalized spacial score (nSPS) is 10.9. The van der Waals surface area contributed by atoms with Crippen molar-refractivity contribution in [3.05, 3.63) is 41.4 Å². The Morgan fingerprint density at radius 3 is 2.86 bits per heavy atom. The van der Waals surface area contributed by atoms with Crippen LogP contribution in [0.1, 0.15) is 19.4 Å². The van der Waals surface area contributed by atoms with Gasteiger partial charge in [-0.25, -0.2) is 4.39 Å². The number of benzene rings is 1. The molecule has 0 aliphatic rings.